The molecule has 0 amide bonds. The van der Waals surface area contributed by atoms with E-state index in [4.69, 9.17) is 15.7 Å². The normalized spacial score (nSPS) is 11.9. The highest BCUT2D eigenvalue weighted by Gasteiger charge is 2.04. The van der Waals surface area contributed by atoms with Crippen molar-refractivity contribution in [2.75, 3.05) is 6.61 Å². The molecular formula is C14H22N2O2. The van der Waals surface area contributed by atoms with Crippen LogP contribution in [-0.2, 0) is 0 Å². The van der Waals surface area contributed by atoms with Crippen LogP contribution in [0, 0.1) is 12.8 Å². The number of nitrogens with zero attached hydrogens (tertiary/aromatic N) is 1. The van der Waals surface area contributed by atoms with Gasteiger partial charge in [0.1, 0.15) is 5.75 Å². The van der Waals surface area contributed by atoms with E-state index in [9.17, 15) is 0 Å². The zero-order valence-corrected chi connectivity index (χ0v) is 11.3. The van der Waals surface area contributed by atoms with Crippen molar-refractivity contribution in [3.63, 3.8) is 0 Å². The van der Waals surface area contributed by atoms with Crippen LogP contribution in [0.4, 0.5) is 0 Å². The highest BCUT2D eigenvalue weighted by atomic mass is 16.5. The fourth-order valence-electron chi connectivity index (χ4n) is 1.70. The summed E-state index contributed by atoms with van der Waals surface area (Å²) in [7, 11) is 0. The minimum absolute atomic E-state index is 0.115. The van der Waals surface area contributed by atoms with E-state index in [2.05, 4.69) is 19.0 Å². The van der Waals surface area contributed by atoms with Crippen molar-refractivity contribution in [1.82, 2.24) is 0 Å². The van der Waals surface area contributed by atoms with Gasteiger partial charge in [0, 0.05) is 5.56 Å². The maximum Gasteiger partial charge on any atom is 0.170 e. The summed E-state index contributed by atoms with van der Waals surface area (Å²) in [6.45, 7) is 7.09. The van der Waals surface area contributed by atoms with Crippen LogP contribution in [0.3, 0.4) is 0 Å². The molecule has 4 heteroatoms. The van der Waals surface area contributed by atoms with E-state index in [-0.39, 0.29) is 5.84 Å². The van der Waals surface area contributed by atoms with E-state index in [1.807, 2.05) is 19.1 Å². The number of nitrogens with two attached hydrogens (primary N) is 1. The predicted molar refractivity (Wildman–Crippen MR) is 73.3 cm³/mol. The van der Waals surface area contributed by atoms with Crippen LogP contribution in [0.25, 0.3) is 0 Å². The number of amidine groups is 1. The van der Waals surface area contributed by atoms with Gasteiger partial charge in [-0.15, -0.1) is 0 Å². The number of hydrogen-bond acceptors (Lipinski definition) is 3. The van der Waals surface area contributed by atoms with Gasteiger partial charge in [-0.25, -0.2) is 0 Å². The average molecular weight is 250 g/mol. The highest BCUT2D eigenvalue weighted by Crippen LogP contribution is 2.19. The Morgan fingerprint density at radius 1 is 1.44 bits per heavy atom. The van der Waals surface area contributed by atoms with Crippen LogP contribution >= 0.6 is 0 Å². The molecule has 0 aromatic heterocycles. The van der Waals surface area contributed by atoms with Crippen molar-refractivity contribution < 1.29 is 9.94 Å². The summed E-state index contributed by atoms with van der Waals surface area (Å²) >= 11 is 0. The Morgan fingerprint density at radius 2 is 2.17 bits per heavy atom. The molecule has 0 heterocycles. The molecule has 0 spiro atoms. The topological polar surface area (TPSA) is 67.8 Å². The van der Waals surface area contributed by atoms with Gasteiger partial charge < -0.3 is 15.7 Å². The largest absolute Gasteiger partial charge is 0.493 e. The lowest BCUT2D eigenvalue weighted by Gasteiger charge is -2.11. The lowest BCUT2D eigenvalue weighted by molar-refractivity contribution is 0.296. The van der Waals surface area contributed by atoms with Gasteiger partial charge in [-0.05, 0) is 49.4 Å². The maximum absolute atomic E-state index is 8.61. The second-order valence-electron chi connectivity index (χ2n) is 4.85. The van der Waals surface area contributed by atoms with E-state index in [0.717, 1.165) is 24.3 Å². The Bertz CT molecular complexity index is 414. The van der Waals surface area contributed by atoms with Crippen molar-refractivity contribution in [3.8, 4) is 5.75 Å². The van der Waals surface area contributed by atoms with E-state index in [1.54, 1.807) is 6.07 Å². The molecule has 0 atom stereocenters. The van der Waals surface area contributed by atoms with Crippen LogP contribution in [0.1, 0.15) is 37.8 Å². The number of rotatable bonds is 6. The van der Waals surface area contributed by atoms with Gasteiger partial charge in [-0.3, -0.25) is 0 Å². The van der Waals surface area contributed by atoms with Crippen molar-refractivity contribution in [2.45, 2.75) is 33.6 Å². The fraction of sp³-hybridized carbons (Fsp3) is 0.500. The Balaban J connectivity index is 2.58. The van der Waals surface area contributed by atoms with Crippen LogP contribution in [-0.4, -0.2) is 17.6 Å². The molecular weight excluding hydrogens is 228 g/mol. The molecule has 1 rings (SSSR count). The first-order valence-corrected chi connectivity index (χ1v) is 6.26. The summed E-state index contributed by atoms with van der Waals surface area (Å²) in [5, 5.41) is 11.6. The number of hydrogen-bond donors (Lipinski definition) is 2. The van der Waals surface area contributed by atoms with Gasteiger partial charge in [0.2, 0.25) is 0 Å². The fourth-order valence-corrected chi connectivity index (χ4v) is 1.70. The molecule has 0 saturated heterocycles. The second-order valence-corrected chi connectivity index (χ2v) is 4.85. The quantitative estimate of drug-likeness (QED) is 0.268. The lowest BCUT2D eigenvalue weighted by atomic mass is 10.1. The zero-order chi connectivity index (χ0) is 13.5. The summed E-state index contributed by atoms with van der Waals surface area (Å²) in [5.41, 5.74) is 7.22. The maximum atomic E-state index is 8.61. The molecule has 0 bridgehead atoms. The summed E-state index contributed by atoms with van der Waals surface area (Å²) in [4.78, 5) is 0. The first-order valence-electron chi connectivity index (χ1n) is 6.26. The second kappa shape index (κ2) is 6.89. The summed E-state index contributed by atoms with van der Waals surface area (Å²) < 4.78 is 5.71. The van der Waals surface area contributed by atoms with Crippen LogP contribution in [0.5, 0.6) is 5.75 Å². The van der Waals surface area contributed by atoms with Crippen molar-refractivity contribution >= 4 is 5.84 Å². The van der Waals surface area contributed by atoms with Crippen LogP contribution in [0.15, 0.2) is 23.4 Å². The monoisotopic (exact) mass is 250 g/mol. The SMILES string of the molecule is Cc1cc(/C(N)=N/O)ccc1OCCCC(C)C. The Kier molecular flexibility index (Phi) is 5.49. The lowest BCUT2D eigenvalue weighted by Crippen LogP contribution is -2.13. The van der Waals surface area contributed by atoms with Gasteiger partial charge in [0.15, 0.2) is 5.84 Å². The third-order valence-corrected chi connectivity index (χ3v) is 2.76. The molecule has 4 nitrogen and oxygen atoms in total. The molecule has 0 radical (unpaired) electrons. The Morgan fingerprint density at radius 3 is 2.72 bits per heavy atom. The summed E-state index contributed by atoms with van der Waals surface area (Å²) in [5.74, 6) is 1.68. The molecule has 0 fully saturated rings. The van der Waals surface area contributed by atoms with Gasteiger partial charge in [-0.1, -0.05) is 19.0 Å². The molecule has 0 aliphatic heterocycles. The summed E-state index contributed by atoms with van der Waals surface area (Å²) in [6, 6.07) is 5.50. The number of ether oxygens (including phenoxy) is 1. The third kappa shape index (κ3) is 4.28. The van der Waals surface area contributed by atoms with E-state index < -0.39 is 0 Å². The third-order valence-electron chi connectivity index (χ3n) is 2.76. The molecule has 18 heavy (non-hydrogen) atoms. The van der Waals surface area contributed by atoms with Crippen molar-refractivity contribution in [1.29, 1.82) is 0 Å². The average Bonchev–Trinajstić information content (AvgIpc) is 2.34. The van der Waals surface area contributed by atoms with Gasteiger partial charge in [-0.2, -0.15) is 0 Å². The van der Waals surface area contributed by atoms with E-state index in [0.29, 0.717) is 11.5 Å². The number of aryl methyl sites for hydroxylation is 1. The van der Waals surface area contributed by atoms with Crippen molar-refractivity contribution in [3.05, 3.63) is 29.3 Å². The molecule has 0 aliphatic carbocycles. The molecule has 1 aromatic rings. The molecule has 0 unspecified atom stereocenters. The Labute approximate surface area is 108 Å². The molecule has 0 aliphatic rings. The molecule has 100 valence electrons. The summed E-state index contributed by atoms with van der Waals surface area (Å²) in [6.07, 6.45) is 2.22. The van der Waals surface area contributed by atoms with Gasteiger partial charge >= 0.3 is 0 Å². The minimum atomic E-state index is 0.115. The van der Waals surface area contributed by atoms with Crippen molar-refractivity contribution in [2.24, 2.45) is 16.8 Å². The zero-order valence-electron chi connectivity index (χ0n) is 11.3. The van der Waals surface area contributed by atoms with E-state index in [1.165, 1.54) is 6.42 Å². The molecule has 1 aromatic carbocycles. The first-order chi connectivity index (χ1) is 8.54. The van der Waals surface area contributed by atoms with Gasteiger partial charge in [0.25, 0.3) is 0 Å². The van der Waals surface area contributed by atoms with Crippen LogP contribution < -0.4 is 10.5 Å². The Hall–Kier alpha value is -1.71. The first kappa shape index (κ1) is 14.4. The minimum Gasteiger partial charge on any atom is -0.493 e. The number of benzene rings is 1. The van der Waals surface area contributed by atoms with Gasteiger partial charge in [0.05, 0.1) is 6.61 Å². The smallest absolute Gasteiger partial charge is 0.170 e. The molecule has 0 saturated carbocycles. The molecule has 3 N–H and O–H groups in total. The van der Waals surface area contributed by atoms with E-state index >= 15 is 0 Å². The predicted octanol–water partition coefficient (Wildman–Crippen LogP) is 2.90. The standard InChI is InChI=1S/C14H22N2O2/c1-10(2)5-4-8-18-13-7-6-12(9-11(13)3)14(15)16-17/h6-7,9-10,17H,4-5,8H2,1-3H3,(H2,15,16). The number of oxime groups is 1. The highest BCUT2D eigenvalue weighted by molar-refractivity contribution is 5.97. The van der Waals surface area contributed by atoms with Crippen LogP contribution in [0.2, 0.25) is 0 Å².